The van der Waals surface area contributed by atoms with Crippen molar-refractivity contribution in [1.29, 1.82) is 0 Å². The molecule has 114 valence electrons. The van der Waals surface area contributed by atoms with Crippen LogP contribution < -0.4 is 5.73 Å². The molecule has 1 aromatic carbocycles. The van der Waals surface area contributed by atoms with Gasteiger partial charge in [-0.15, -0.1) is 12.4 Å². The number of nitro groups is 1. The zero-order valence-corrected chi connectivity index (χ0v) is 13.0. The Hall–Kier alpha value is -0.880. The first-order chi connectivity index (χ1) is 8.82. The van der Waals surface area contributed by atoms with Gasteiger partial charge in [-0.1, -0.05) is 25.4 Å². The van der Waals surface area contributed by atoms with E-state index in [-0.39, 0.29) is 23.7 Å². The van der Waals surface area contributed by atoms with Gasteiger partial charge < -0.3 is 10.8 Å². The van der Waals surface area contributed by atoms with Gasteiger partial charge in [0.05, 0.1) is 22.6 Å². The van der Waals surface area contributed by atoms with E-state index in [1.807, 2.05) is 13.8 Å². The van der Waals surface area contributed by atoms with Crippen LogP contribution in [0.2, 0.25) is 5.02 Å². The van der Waals surface area contributed by atoms with Gasteiger partial charge in [-0.2, -0.15) is 0 Å². The molecule has 1 aromatic rings. The Kier molecular flexibility index (Phi) is 8.05. The molecule has 7 heteroatoms. The first kappa shape index (κ1) is 19.1. The van der Waals surface area contributed by atoms with Crippen molar-refractivity contribution in [3.05, 3.63) is 38.9 Å². The van der Waals surface area contributed by atoms with Gasteiger partial charge in [-0.05, 0) is 30.9 Å². The molecule has 0 aromatic heterocycles. The number of nitrogens with two attached hydrogens (primary N) is 1. The third kappa shape index (κ3) is 5.25. The smallest absolute Gasteiger partial charge is 0.274 e. The lowest BCUT2D eigenvalue weighted by molar-refractivity contribution is -0.385. The van der Waals surface area contributed by atoms with E-state index in [1.54, 1.807) is 0 Å². The molecule has 1 rings (SSSR count). The molecule has 0 radical (unpaired) electrons. The minimum Gasteiger partial charge on any atom is -0.391 e. The van der Waals surface area contributed by atoms with Crippen molar-refractivity contribution in [1.82, 2.24) is 0 Å². The molecule has 0 spiro atoms. The number of hydrogen-bond acceptors (Lipinski definition) is 4. The highest BCUT2D eigenvalue weighted by Crippen LogP contribution is 2.30. The fraction of sp³-hybridized carbons (Fsp3) is 0.538. The largest absolute Gasteiger partial charge is 0.391 e. The number of nitro benzene ring substituents is 1. The lowest BCUT2D eigenvalue weighted by Crippen LogP contribution is -2.27. The molecule has 2 atom stereocenters. The maximum absolute atomic E-state index is 11.0. The Morgan fingerprint density at radius 3 is 2.50 bits per heavy atom. The molecule has 0 aliphatic rings. The van der Waals surface area contributed by atoms with E-state index in [9.17, 15) is 15.2 Å². The van der Waals surface area contributed by atoms with Gasteiger partial charge >= 0.3 is 0 Å². The normalized spacial score (nSPS) is 13.7. The zero-order chi connectivity index (χ0) is 14.6. The minimum absolute atomic E-state index is 0. The quantitative estimate of drug-likeness (QED) is 0.619. The summed E-state index contributed by atoms with van der Waals surface area (Å²) in [6.07, 6.45) is 0.491. The summed E-state index contributed by atoms with van der Waals surface area (Å²) in [5.41, 5.74) is 6.08. The van der Waals surface area contributed by atoms with Crippen LogP contribution in [0.3, 0.4) is 0 Å². The Balaban J connectivity index is 0.00000361. The number of hydrogen-bond donors (Lipinski definition) is 2. The SMILES string of the molecule is CC(C)CC[C@@H](O)[C@@H](N)c1cc(Cl)ccc1[N+](=O)[O-].Cl. The third-order valence-electron chi connectivity index (χ3n) is 3.00. The topological polar surface area (TPSA) is 89.4 Å². The summed E-state index contributed by atoms with van der Waals surface area (Å²) in [6, 6.07) is 3.39. The second kappa shape index (κ2) is 8.42. The van der Waals surface area contributed by atoms with Crippen LogP contribution in [-0.4, -0.2) is 16.1 Å². The van der Waals surface area contributed by atoms with Crippen LogP contribution in [0.4, 0.5) is 5.69 Å². The monoisotopic (exact) mass is 322 g/mol. The van der Waals surface area contributed by atoms with Crippen LogP contribution in [-0.2, 0) is 0 Å². The predicted octanol–water partition coefficient (Wildman–Crippen LogP) is 3.47. The van der Waals surface area contributed by atoms with E-state index in [0.29, 0.717) is 17.4 Å². The van der Waals surface area contributed by atoms with Gasteiger partial charge in [0.25, 0.3) is 5.69 Å². The highest BCUT2D eigenvalue weighted by Gasteiger charge is 2.25. The summed E-state index contributed by atoms with van der Waals surface area (Å²) < 4.78 is 0. The van der Waals surface area contributed by atoms with Gasteiger partial charge in [0.2, 0.25) is 0 Å². The Morgan fingerprint density at radius 1 is 1.40 bits per heavy atom. The van der Waals surface area contributed by atoms with Gasteiger partial charge in [0, 0.05) is 11.1 Å². The fourth-order valence-electron chi connectivity index (χ4n) is 1.85. The summed E-state index contributed by atoms with van der Waals surface area (Å²) in [4.78, 5) is 10.4. The van der Waals surface area contributed by atoms with Gasteiger partial charge in [0.15, 0.2) is 0 Å². The predicted molar refractivity (Wildman–Crippen MR) is 82.4 cm³/mol. The summed E-state index contributed by atoms with van der Waals surface area (Å²) in [5, 5.41) is 21.3. The number of halogens is 2. The number of rotatable bonds is 6. The molecule has 5 nitrogen and oxygen atoms in total. The van der Waals surface area contributed by atoms with Crippen molar-refractivity contribution in [3.8, 4) is 0 Å². The molecule has 20 heavy (non-hydrogen) atoms. The van der Waals surface area contributed by atoms with E-state index in [1.165, 1.54) is 18.2 Å². The Morgan fingerprint density at radius 2 is 2.00 bits per heavy atom. The second-order valence-electron chi connectivity index (χ2n) is 5.02. The molecular formula is C13H20Cl2N2O3. The fourth-order valence-corrected chi connectivity index (χ4v) is 2.03. The van der Waals surface area contributed by atoms with Gasteiger partial charge in [-0.25, -0.2) is 0 Å². The average molecular weight is 323 g/mol. The van der Waals surface area contributed by atoms with Crippen LogP contribution in [0, 0.1) is 16.0 Å². The first-order valence-electron chi connectivity index (χ1n) is 6.20. The molecule has 0 aliphatic heterocycles. The Bertz CT molecular complexity index is 455. The Labute approximate surface area is 129 Å². The van der Waals surface area contributed by atoms with E-state index >= 15 is 0 Å². The number of nitrogens with zero attached hydrogens (tertiary/aromatic N) is 1. The van der Waals surface area contributed by atoms with Crippen molar-refractivity contribution in [2.45, 2.75) is 38.8 Å². The average Bonchev–Trinajstić information content (AvgIpc) is 2.34. The van der Waals surface area contributed by atoms with Gasteiger partial charge in [0.1, 0.15) is 0 Å². The standard InChI is InChI=1S/C13H19ClN2O3.ClH/c1-8(2)3-6-12(17)13(15)10-7-9(14)4-5-11(10)16(18)19;/h4-5,7-8,12-13,17H,3,6,15H2,1-2H3;1H/t12-,13+;/m1./s1. The van der Waals surface area contributed by atoms with Crippen molar-refractivity contribution in [3.63, 3.8) is 0 Å². The highest BCUT2D eigenvalue weighted by atomic mass is 35.5. The molecule has 0 saturated heterocycles. The maximum Gasteiger partial charge on any atom is 0.274 e. The first-order valence-corrected chi connectivity index (χ1v) is 6.58. The van der Waals surface area contributed by atoms with Crippen LogP contribution in [0.5, 0.6) is 0 Å². The summed E-state index contributed by atoms with van der Waals surface area (Å²) in [5.74, 6) is 0.441. The molecule has 0 aliphatic carbocycles. The highest BCUT2D eigenvalue weighted by molar-refractivity contribution is 6.30. The van der Waals surface area contributed by atoms with Crippen LogP contribution in [0.15, 0.2) is 18.2 Å². The molecule has 0 amide bonds. The molecule has 0 heterocycles. The van der Waals surface area contributed by atoms with E-state index in [4.69, 9.17) is 17.3 Å². The van der Waals surface area contributed by atoms with Crippen molar-refractivity contribution >= 4 is 29.7 Å². The zero-order valence-electron chi connectivity index (χ0n) is 11.5. The van der Waals surface area contributed by atoms with Crippen LogP contribution >= 0.6 is 24.0 Å². The lowest BCUT2D eigenvalue weighted by atomic mass is 9.95. The molecule has 3 N–H and O–H groups in total. The molecular weight excluding hydrogens is 303 g/mol. The number of benzene rings is 1. The van der Waals surface area contributed by atoms with Crippen molar-refractivity contribution < 1.29 is 10.0 Å². The summed E-state index contributed by atoms with van der Waals surface area (Å²) in [7, 11) is 0. The maximum atomic E-state index is 11.0. The molecule has 0 bridgehead atoms. The van der Waals surface area contributed by atoms with Crippen LogP contribution in [0.25, 0.3) is 0 Å². The second-order valence-corrected chi connectivity index (χ2v) is 5.46. The van der Waals surface area contributed by atoms with Crippen LogP contribution in [0.1, 0.15) is 38.3 Å². The minimum atomic E-state index is -0.820. The summed E-state index contributed by atoms with van der Waals surface area (Å²) >= 11 is 5.84. The van der Waals surface area contributed by atoms with Crippen molar-refractivity contribution in [2.75, 3.05) is 0 Å². The van der Waals surface area contributed by atoms with E-state index in [0.717, 1.165) is 6.42 Å². The number of aliphatic hydroxyl groups excluding tert-OH is 1. The molecule has 0 saturated carbocycles. The summed E-state index contributed by atoms with van der Waals surface area (Å²) in [6.45, 7) is 4.08. The van der Waals surface area contributed by atoms with E-state index in [2.05, 4.69) is 0 Å². The third-order valence-corrected chi connectivity index (χ3v) is 3.23. The molecule has 0 unspecified atom stereocenters. The van der Waals surface area contributed by atoms with Gasteiger partial charge in [-0.3, -0.25) is 10.1 Å². The lowest BCUT2D eigenvalue weighted by Gasteiger charge is -2.20. The van der Waals surface area contributed by atoms with Crippen molar-refractivity contribution in [2.24, 2.45) is 11.7 Å². The number of aliphatic hydroxyl groups is 1. The van der Waals surface area contributed by atoms with E-state index < -0.39 is 17.1 Å². The molecule has 0 fully saturated rings.